The summed E-state index contributed by atoms with van der Waals surface area (Å²) in [6.07, 6.45) is 0. The van der Waals surface area contributed by atoms with Crippen LogP contribution in [-0.2, 0) is 0 Å². The first-order valence-corrected chi connectivity index (χ1v) is 20.7. The van der Waals surface area contributed by atoms with Crippen molar-refractivity contribution >= 4 is 98.0 Å². The van der Waals surface area contributed by atoms with Crippen molar-refractivity contribution in [1.29, 1.82) is 0 Å². The molecule has 0 saturated heterocycles. The van der Waals surface area contributed by atoms with Crippen LogP contribution in [0.15, 0.2) is 206 Å². The number of fused-ring (bicyclic) bond motifs is 9. The van der Waals surface area contributed by atoms with Crippen molar-refractivity contribution in [3.8, 4) is 22.7 Å². The zero-order valence-corrected chi connectivity index (χ0v) is 32.4. The van der Waals surface area contributed by atoms with Gasteiger partial charge in [0.25, 0.3) is 0 Å². The molecule has 0 atom stereocenters. The van der Waals surface area contributed by atoms with Crippen LogP contribution in [0.4, 0.5) is 0 Å². The number of hydrogen-bond acceptors (Lipinski definition) is 0. The summed E-state index contributed by atoms with van der Waals surface area (Å²) < 4.78 is 9.83. The highest BCUT2D eigenvalue weighted by Gasteiger charge is 2.23. The number of benzene rings is 10. The Kier molecular flexibility index (Phi) is 6.26. The van der Waals surface area contributed by atoms with E-state index in [1.54, 1.807) is 0 Å². The normalized spacial score (nSPS) is 12.3. The van der Waals surface area contributed by atoms with Gasteiger partial charge in [0.05, 0.1) is 44.1 Å². The second-order valence-corrected chi connectivity index (χ2v) is 16.2. The largest absolute Gasteiger partial charge is 0.309 e. The lowest BCUT2D eigenvalue weighted by Gasteiger charge is -2.13. The van der Waals surface area contributed by atoms with Crippen LogP contribution in [0.5, 0.6) is 0 Å². The van der Waals surface area contributed by atoms with Crippen molar-refractivity contribution in [3.63, 3.8) is 0 Å². The Morgan fingerprint density at radius 3 is 1.00 bits per heavy atom. The molecule has 0 radical (unpaired) electrons. The Hall–Kier alpha value is -8.08. The van der Waals surface area contributed by atoms with Gasteiger partial charge in [-0.1, -0.05) is 121 Å². The summed E-state index contributed by atoms with van der Waals surface area (Å²) in [4.78, 5) is 0. The van der Waals surface area contributed by atoms with Gasteiger partial charge in [0.15, 0.2) is 0 Å². The standard InChI is InChI=1S/C56H34N4/c1-2-14-37(15-3-1)57-51-25-13-8-20-45(51)46-32-38(28-29-52(46)57)58-53-33-39(59-47-21-9-4-16-41(47)42-17-5-10-22-48(42)59)30-35-26-27-36-31-40(34-54(58)56(36)55(35)53)60-49-23-11-6-18-43(49)44-19-7-12-24-50(44)60/h1-34H. The predicted octanol–water partition coefficient (Wildman–Crippen LogP) is 14.7. The Morgan fingerprint density at radius 1 is 0.200 bits per heavy atom. The number of hydrogen-bond donors (Lipinski definition) is 0. The molecule has 4 heterocycles. The minimum absolute atomic E-state index is 1.14. The van der Waals surface area contributed by atoms with Crippen LogP contribution in [-0.4, -0.2) is 18.3 Å². The highest BCUT2D eigenvalue weighted by Crippen LogP contribution is 2.45. The van der Waals surface area contributed by atoms with Crippen molar-refractivity contribution in [2.45, 2.75) is 0 Å². The van der Waals surface area contributed by atoms with Gasteiger partial charge in [0.2, 0.25) is 0 Å². The maximum atomic E-state index is 2.54. The predicted molar refractivity (Wildman–Crippen MR) is 252 cm³/mol. The minimum atomic E-state index is 1.14. The molecule has 4 heteroatoms. The second kappa shape index (κ2) is 11.8. The molecule has 14 rings (SSSR count). The van der Waals surface area contributed by atoms with E-state index < -0.39 is 0 Å². The van der Waals surface area contributed by atoms with Gasteiger partial charge in [-0.2, -0.15) is 0 Å². The third kappa shape index (κ3) is 4.19. The summed E-state index contributed by atoms with van der Waals surface area (Å²) >= 11 is 0. The smallest absolute Gasteiger partial charge is 0.0568 e. The maximum absolute atomic E-state index is 2.54. The van der Waals surface area contributed by atoms with E-state index in [0.717, 1.165) is 22.7 Å². The average Bonchev–Trinajstić information content (AvgIpc) is 4.03. The third-order valence-electron chi connectivity index (χ3n) is 13.0. The summed E-state index contributed by atoms with van der Waals surface area (Å²) in [5, 5.41) is 12.5. The van der Waals surface area contributed by atoms with E-state index in [9.17, 15) is 0 Å². The first kappa shape index (κ1) is 31.9. The molecule has 0 fully saturated rings. The van der Waals surface area contributed by atoms with Crippen molar-refractivity contribution in [3.05, 3.63) is 206 Å². The van der Waals surface area contributed by atoms with E-state index in [2.05, 4.69) is 225 Å². The Morgan fingerprint density at radius 2 is 0.550 bits per heavy atom. The van der Waals surface area contributed by atoms with Crippen LogP contribution >= 0.6 is 0 Å². The summed E-state index contributed by atoms with van der Waals surface area (Å²) in [6.45, 7) is 0. The van der Waals surface area contributed by atoms with E-state index in [-0.39, 0.29) is 0 Å². The lowest BCUT2D eigenvalue weighted by Crippen LogP contribution is -1.99. The van der Waals surface area contributed by atoms with E-state index in [0.29, 0.717) is 0 Å². The summed E-state index contributed by atoms with van der Waals surface area (Å²) in [6, 6.07) is 76.1. The van der Waals surface area contributed by atoms with Gasteiger partial charge in [0.1, 0.15) is 0 Å². The zero-order valence-electron chi connectivity index (χ0n) is 32.4. The quantitative estimate of drug-likeness (QED) is 0.159. The van der Waals surface area contributed by atoms with Crippen LogP contribution in [0.25, 0.3) is 121 Å². The first-order valence-electron chi connectivity index (χ1n) is 20.7. The summed E-state index contributed by atoms with van der Waals surface area (Å²) in [7, 11) is 0. The van der Waals surface area contributed by atoms with Crippen LogP contribution < -0.4 is 0 Å². The number of rotatable bonds is 4. The summed E-state index contributed by atoms with van der Waals surface area (Å²) in [5.41, 5.74) is 14.2. The molecule has 0 N–H and O–H groups in total. The van der Waals surface area contributed by atoms with Gasteiger partial charge < -0.3 is 18.3 Å². The van der Waals surface area contributed by atoms with Crippen molar-refractivity contribution in [2.24, 2.45) is 0 Å². The fourth-order valence-corrected chi connectivity index (χ4v) is 10.6. The average molecular weight is 763 g/mol. The highest BCUT2D eigenvalue weighted by molar-refractivity contribution is 6.26. The molecular weight excluding hydrogens is 729 g/mol. The molecule has 0 unspecified atom stereocenters. The molecule has 4 nitrogen and oxygen atoms in total. The zero-order chi connectivity index (χ0) is 39.1. The van der Waals surface area contributed by atoms with Gasteiger partial charge in [-0.3, -0.25) is 0 Å². The van der Waals surface area contributed by atoms with E-state index in [1.165, 1.54) is 98.0 Å². The minimum Gasteiger partial charge on any atom is -0.309 e. The Labute approximate surface area is 343 Å². The molecule has 10 aromatic carbocycles. The van der Waals surface area contributed by atoms with Gasteiger partial charge in [-0.25, -0.2) is 0 Å². The molecule has 0 amide bonds. The van der Waals surface area contributed by atoms with Crippen molar-refractivity contribution in [1.82, 2.24) is 18.3 Å². The van der Waals surface area contributed by atoms with E-state index in [1.807, 2.05) is 0 Å². The third-order valence-corrected chi connectivity index (χ3v) is 13.0. The van der Waals surface area contributed by atoms with Gasteiger partial charge in [-0.15, -0.1) is 0 Å². The molecule has 278 valence electrons. The van der Waals surface area contributed by atoms with Gasteiger partial charge in [-0.05, 0) is 95.7 Å². The molecular formula is C56H34N4. The Bertz CT molecular complexity index is 3770. The summed E-state index contributed by atoms with van der Waals surface area (Å²) in [5.74, 6) is 0. The second-order valence-electron chi connectivity index (χ2n) is 16.2. The number of nitrogens with zero attached hydrogens (tertiary/aromatic N) is 4. The highest BCUT2D eigenvalue weighted by atomic mass is 15.0. The molecule has 4 aromatic heterocycles. The van der Waals surface area contributed by atoms with Gasteiger partial charge in [0, 0.05) is 65.8 Å². The fraction of sp³-hybridized carbons (Fsp3) is 0. The van der Waals surface area contributed by atoms with Crippen LogP contribution in [0.3, 0.4) is 0 Å². The molecule has 14 aromatic rings. The maximum Gasteiger partial charge on any atom is 0.0568 e. The first-order chi connectivity index (χ1) is 29.8. The lowest BCUT2D eigenvalue weighted by atomic mass is 10.0. The number of aromatic nitrogens is 4. The van der Waals surface area contributed by atoms with Crippen LogP contribution in [0.2, 0.25) is 0 Å². The SMILES string of the molecule is c1ccc(-n2c3ccccc3c3cc(-n4c5cc(-n6c7ccccc7c7ccccc76)cc6ccc7cc(-n8c9ccccc9c9ccccc98)cc4c7c65)ccc32)cc1. The van der Waals surface area contributed by atoms with E-state index >= 15 is 0 Å². The van der Waals surface area contributed by atoms with Crippen molar-refractivity contribution in [2.75, 3.05) is 0 Å². The molecule has 0 aliphatic carbocycles. The fourth-order valence-electron chi connectivity index (χ4n) is 10.6. The van der Waals surface area contributed by atoms with E-state index in [4.69, 9.17) is 0 Å². The van der Waals surface area contributed by atoms with Crippen LogP contribution in [0, 0.1) is 0 Å². The Balaban J connectivity index is 1.13. The topological polar surface area (TPSA) is 19.7 Å². The molecule has 60 heavy (non-hydrogen) atoms. The van der Waals surface area contributed by atoms with Gasteiger partial charge >= 0.3 is 0 Å². The molecule has 0 aliphatic rings. The monoisotopic (exact) mass is 762 g/mol. The number of para-hydroxylation sites is 6. The lowest BCUT2D eigenvalue weighted by molar-refractivity contribution is 1.15. The molecule has 0 bridgehead atoms. The molecule has 0 saturated carbocycles. The van der Waals surface area contributed by atoms with Crippen molar-refractivity contribution < 1.29 is 0 Å². The molecule has 0 spiro atoms. The molecule has 0 aliphatic heterocycles. The van der Waals surface area contributed by atoms with Crippen LogP contribution in [0.1, 0.15) is 0 Å².